The lowest BCUT2D eigenvalue weighted by Crippen LogP contribution is -2.54. The number of likely N-dealkylation sites (tertiary alicyclic amines) is 1. The molecule has 0 amide bonds. The maximum absolute atomic E-state index is 5.76. The van der Waals surface area contributed by atoms with Gasteiger partial charge in [-0.2, -0.15) is 0 Å². The summed E-state index contributed by atoms with van der Waals surface area (Å²) < 4.78 is 0. The van der Waals surface area contributed by atoms with Gasteiger partial charge >= 0.3 is 0 Å². The van der Waals surface area contributed by atoms with E-state index >= 15 is 0 Å². The van der Waals surface area contributed by atoms with Crippen LogP contribution in [0.5, 0.6) is 0 Å². The van der Waals surface area contributed by atoms with Crippen molar-refractivity contribution in [2.24, 2.45) is 23.5 Å². The highest BCUT2D eigenvalue weighted by atomic mass is 15.2. The second-order valence-electron chi connectivity index (χ2n) is 5.95. The quantitative estimate of drug-likeness (QED) is 0.767. The Kier molecular flexibility index (Phi) is 2.73. The Morgan fingerprint density at radius 3 is 2.33 bits per heavy atom. The van der Waals surface area contributed by atoms with Crippen LogP contribution in [-0.2, 0) is 0 Å². The first-order valence-corrected chi connectivity index (χ1v) is 6.81. The topological polar surface area (TPSA) is 29.3 Å². The zero-order valence-corrected chi connectivity index (χ0v) is 9.70. The highest BCUT2D eigenvalue weighted by molar-refractivity contribution is 4.91. The SMILES string of the molecule is NCC1CCN1CC1CC2CCC1CC2. The Labute approximate surface area is 93.2 Å². The summed E-state index contributed by atoms with van der Waals surface area (Å²) in [5, 5.41) is 0. The van der Waals surface area contributed by atoms with Crippen molar-refractivity contribution in [1.82, 2.24) is 4.90 Å². The molecular formula is C13H24N2. The van der Waals surface area contributed by atoms with E-state index in [9.17, 15) is 0 Å². The molecule has 2 nitrogen and oxygen atoms in total. The van der Waals surface area contributed by atoms with Gasteiger partial charge in [-0.25, -0.2) is 0 Å². The summed E-state index contributed by atoms with van der Waals surface area (Å²) in [6, 6.07) is 0.727. The third-order valence-electron chi connectivity index (χ3n) is 5.20. The Morgan fingerprint density at radius 1 is 1.07 bits per heavy atom. The van der Waals surface area contributed by atoms with Crippen LogP contribution in [-0.4, -0.2) is 30.6 Å². The van der Waals surface area contributed by atoms with E-state index in [2.05, 4.69) is 4.90 Å². The number of hydrogen-bond donors (Lipinski definition) is 1. The van der Waals surface area contributed by atoms with Gasteiger partial charge in [-0.3, -0.25) is 4.90 Å². The third-order valence-corrected chi connectivity index (χ3v) is 5.20. The van der Waals surface area contributed by atoms with Gasteiger partial charge in [0, 0.05) is 25.7 Å². The number of rotatable bonds is 3. The molecule has 0 aromatic heterocycles. The normalized spacial score (nSPS) is 45.4. The Bertz CT molecular complexity index is 219. The molecule has 15 heavy (non-hydrogen) atoms. The smallest absolute Gasteiger partial charge is 0.0230 e. The van der Waals surface area contributed by atoms with Crippen molar-refractivity contribution in [3.63, 3.8) is 0 Å². The lowest BCUT2D eigenvalue weighted by molar-refractivity contribution is 0.0175. The number of nitrogens with two attached hydrogens (primary N) is 1. The molecule has 2 heteroatoms. The Hall–Kier alpha value is -0.0800. The van der Waals surface area contributed by atoms with E-state index in [0.29, 0.717) is 0 Å². The van der Waals surface area contributed by atoms with E-state index in [1.807, 2.05) is 0 Å². The van der Waals surface area contributed by atoms with Gasteiger partial charge in [-0.05, 0) is 43.4 Å². The van der Waals surface area contributed by atoms with Gasteiger partial charge in [0.15, 0.2) is 0 Å². The lowest BCUT2D eigenvalue weighted by Gasteiger charge is -2.48. The molecule has 1 aliphatic heterocycles. The fraction of sp³-hybridized carbons (Fsp3) is 1.00. The van der Waals surface area contributed by atoms with Crippen LogP contribution in [0.15, 0.2) is 0 Å². The minimum atomic E-state index is 0.727. The summed E-state index contributed by atoms with van der Waals surface area (Å²) in [5.41, 5.74) is 5.76. The molecule has 86 valence electrons. The first-order chi connectivity index (χ1) is 7.36. The fourth-order valence-corrected chi connectivity index (χ4v) is 4.04. The minimum absolute atomic E-state index is 0.727. The molecule has 3 aliphatic carbocycles. The Balaban J connectivity index is 1.55. The third kappa shape index (κ3) is 1.83. The van der Waals surface area contributed by atoms with Crippen molar-refractivity contribution in [2.75, 3.05) is 19.6 Å². The van der Waals surface area contributed by atoms with E-state index in [1.165, 1.54) is 51.6 Å². The maximum Gasteiger partial charge on any atom is 0.0230 e. The van der Waals surface area contributed by atoms with Crippen LogP contribution < -0.4 is 5.73 Å². The molecule has 0 aromatic rings. The molecule has 0 aromatic carbocycles. The van der Waals surface area contributed by atoms with Gasteiger partial charge in [0.2, 0.25) is 0 Å². The predicted molar refractivity (Wildman–Crippen MR) is 62.6 cm³/mol. The van der Waals surface area contributed by atoms with Crippen LogP contribution in [0.3, 0.4) is 0 Å². The first kappa shape index (κ1) is 10.1. The molecule has 4 fully saturated rings. The molecule has 2 N–H and O–H groups in total. The van der Waals surface area contributed by atoms with Crippen LogP contribution in [0.2, 0.25) is 0 Å². The molecule has 2 bridgehead atoms. The average molecular weight is 208 g/mol. The second kappa shape index (κ2) is 4.06. The summed E-state index contributed by atoms with van der Waals surface area (Å²) in [6.07, 6.45) is 8.98. The summed E-state index contributed by atoms with van der Waals surface area (Å²) in [4.78, 5) is 2.64. The van der Waals surface area contributed by atoms with E-state index in [0.717, 1.165) is 30.3 Å². The van der Waals surface area contributed by atoms with Gasteiger partial charge in [0.1, 0.15) is 0 Å². The zero-order valence-electron chi connectivity index (χ0n) is 9.70. The van der Waals surface area contributed by atoms with Crippen molar-refractivity contribution in [2.45, 2.75) is 44.6 Å². The van der Waals surface area contributed by atoms with Crippen LogP contribution >= 0.6 is 0 Å². The van der Waals surface area contributed by atoms with Crippen LogP contribution in [0.25, 0.3) is 0 Å². The van der Waals surface area contributed by atoms with Crippen LogP contribution in [0.1, 0.15) is 38.5 Å². The molecule has 4 rings (SSSR count). The predicted octanol–water partition coefficient (Wildman–Crippen LogP) is 1.85. The Morgan fingerprint density at radius 2 is 1.87 bits per heavy atom. The van der Waals surface area contributed by atoms with E-state index in [-0.39, 0.29) is 0 Å². The summed E-state index contributed by atoms with van der Waals surface area (Å²) >= 11 is 0. The molecule has 2 atom stereocenters. The summed E-state index contributed by atoms with van der Waals surface area (Å²) in [5.74, 6) is 3.17. The minimum Gasteiger partial charge on any atom is -0.329 e. The van der Waals surface area contributed by atoms with Crippen molar-refractivity contribution in [3.8, 4) is 0 Å². The summed E-state index contributed by atoms with van der Waals surface area (Å²) in [7, 11) is 0. The van der Waals surface area contributed by atoms with Gasteiger partial charge in [0.05, 0.1) is 0 Å². The van der Waals surface area contributed by atoms with Crippen molar-refractivity contribution >= 4 is 0 Å². The average Bonchev–Trinajstić information content (AvgIpc) is 2.27. The highest BCUT2D eigenvalue weighted by Gasteiger charge is 2.38. The molecule has 4 aliphatic rings. The summed E-state index contributed by atoms with van der Waals surface area (Å²) in [6.45, 7) is 3.56. The zero-order chi connectivity index (χ0) is 10.3. The highest BCUT2D eigenvalue weighted by Crippen LogP contribution is 2.45. The van der Waals surface area contributed by atoms with Gasteiger partial charge < -0.3 is 5.73 Å². The number of hydrogen-bond acceptors (Lipinski definition) is 2. The van der Waals surface area contributed by atoms with Crippen molar-refractivity contribution < 1.29 is 0 Å². The van der Waals surface area contributed by atoms with E-state index in [4.69, 9.17) is 5.73 Å². The second-order valence-corrected chi connectivity index (χ2v) is 5.95. The van der Waals surface area contributed by atoms with Crippen molar-refractivity contribution in [1.29, 1.82) is 0 Å². The molecular weight excluding hydrogens is 184 g/mol. The molecule has 1 heterocycles. The molecule has 1 saturated heterocycles. The molecule has 0 radical (unpaired) electrons. The molecule has 2 unspecified atom stereocenters. The van der Waals surface area contributed by atoms with Crippen LogP contribution in [0, 0.1) is 17.8 Å². The monoisotopic (exact) mass is 208 g/mol. The van der Waals surface area contributed by atoms with Gasteiger partial charge in [0.25, 0.3) is 0 Å². The van der Waals surface area contributed by atoms with Gasteiger partial charge in [-0.15, -0.1) is 0 Å². The number of fused-ring (bicyclic) bond motifs is 3. The van der Waals surface area contributed by atoms with Crippen LogP contribution in [0.4, 0.5) is 0 Å². The largest absolute Gasteiger partial charge is 0.329 e. The lowest BCUT2D eigenvalue weighted by atomic mass is 9.64. The van der Waals surface area contributed by atoms with E-state index in [1.54, 1.807) is 0 Å². The standard InChI is InChI=1S/C13H24N2/c14-8-13-5-6-15(13)9-12-7-10-1-3-11(12)4-2-10/h10-13H,1-9,14H2. The van der Waals surface area contributed by atoms with Crippen molar-refractivity contribution in [3.05, 3.63) is 0 Å². The first-order valence-electron chi connectivity index (χ1n) is 6.81. The molecule has 0 spiro atoms. The number of nitrogens with zero attached hydrogens (tertiary/aromatic N) is 1. The van der Waals surface area contributed by atoms with Gasteiger partial charge in [-0.1, -0.05) is 12.8 Å². The van der Waals surface area contributed by atoms with E-state index < -0.39 is 0 Å². The maximum atomic E-state index is 5.76. The fourth-order valence-electron chi connectivity index (χ4n) is 4.04. The molecule has 3 saturated carbocycles.